The normalized spacial score (nSPS) is 27.8. The molecule has 1 N–H and O–H groups in total. The van der Waals surface area contributed by atoms with E-state index in [-0.39, 0.29) is 36.8 Å². The zero-order chi connectivity index (χ0) is 18.1. The molecule has 2 aliphatic rings. The summed E-state index contributed by atoms with van der Waals surface area (Å²) in [5.41, 5.74) is -0.594. The largest absolute Gasteiger partial charge is 0.468 e. The summed E-state index contributed by atoms with van der Waals surface area (Å²) >= 11 is 0. The maximum atomic E-state index is 13.5. The minimum atomic E-state index is -2.63. The van der Waals surface area contributed by atoms with Gasteiger partial charge in [-0.1, -0.05) is 20.8 Å². The fraction of sp³-hybridized carbons (Fsp3) is 0.882. The number of nitrogens with one attached hydrogen (secondary N) is 1. The Labute approximate surface area is 142 Å². The summed E-state index contributed by atoms with van der Waals surface area (Å²) in [5, 5.41) is 3.08. The van der Waals surface area contributed by atoms with Crippen LogP contribution in [0.2, 0.25) is 0 Å². The summed E-state index contributed by atoms with van der Waals surface area (Å²) in [4.78, 5) is 26.4. The summed E-state index contributed by atoms with van der Waals surface area (Å²) in [6.07, 6.45) is 0.683. The highest BCUT2D eigenvalue weighted by Gasteiger charge is 2.45. The molecule has 24 heavy (non-hydrogen) atoms. The molecule has 0 aromatic heterocycles. The van der Waals surface area contributed by atoms with Crippen LogP contribution in [-0.4, -0.2) is 54.5 Å². The number of carbonyl (C=O) groups is 2. The predicted molar refractivity (Wildman–Crippen MR) is 85.7 cm³/mol. The molecule has 2 atom stereocenters. The van der Waals surface area contributed by atoms with E-state index in [2.05, 4.69) is 5.32 Å². The molecular formula is C17H28F2N2O3. The maximum absolute atomic E-state index is 13.5. The van der Waals surface area contributed by atoms with Gasteiger partial charge in [-0.2, -0.15) is 0 Å². The zero-order valence-electron chi connectivity index (χ0n) is 14.9. The lowest BCUT2D eigenvalue weighted by molar-refractivity contribution is -0.149. The van der Waals surface area contributed by atoms with Gasteiger partial charge in [-0.25, -0.2) is 8.78 Å². The van der Waals surface area contributed by atoms with E-state index < -0.39 is 17.4 Å². The Kier molecular flexibility index (Phi) is 5.52. The van der Waals surface area contributed by atoms with Crippen molar-refractivity contribution in [2.45, 2.75) is 76.9 Å². The maximum Gasteiger partial charge on any atom is 0.322 e. The number of ether oxygens (including phenoxy) is 1. The van der Waals surface area contributed by atoms with Crippen molar-refractivity contribution in [1.82, 2.24) is 10.2 Å². The van der Waals surface area contributed by atoms with Gasteiger partial charge in [0.05, 0.1) is 7.11 Å². The number of rotatable bonds is 3. The van der Waals surface area contributed by atoms with Crippen molar-refractivity contribution in [3.8, 4) is 0 Å². The molecule has 0 aromatic carbocycles. The van der Waals surface area contributed by atoms with Gasteiger partial charge in [-0.05, 0) is 19.3 Å². The van der Waals surface area contributed by atoms with Gasteiger partial charge in [0.25, 0.3) is 0 Å². The second-order valence-corrected chi connectivity index (χ2v) is 7.92. The number of hydrogen-bond acceptors (Lipinski definition) is 4. The first-order valence-corrected chi connectivity index (χ1v) is 8.57. The van der Waals surface area contributed by atoms with Gasteiger partial charge >= 0.3 is 5.97 Å². The van der Waals surface area contributed by atoms with Crippen LogP contribution in [0.25, 0.3) is 0 Å². The van der Waals surface area contributed by atoms with Crippen LogP contribution in [0.15, 0.2) is 0 Å². The molecule has 0 bridgehead atoms. The van der Waals surface area contributed by atoms with Crippen LogP contribution in [0.5, 0.6) is 0 Å². The predicted octanol–water partition coefficient (Wildman–Crippen LogP) is 2.34. The van der Waals surface area contributed by atoms with Crippen molar-refractivity contribution in [1.29, 1.82) is 0 Å². The summed E-state index contributed by atoms with van der Waals surface area (Å²) < 4.78 is 31.7. The Hall–Kier alpha value is -1.24. The van der Waals surface area contributed by atoms with Crippen LogP contribution < -0.4 is 5.32 Å². The van der Waals surface area contributed by atoms with Gasteiger partial charge in [0, 0.05) is 36.9 Å². The monoisotopic (exact) mass is 346 g/mol. The van der Waals surface area contributed by atoms with Crippen molar-refractivity contribution in [3.05, 3.63) is 0 Å². The lowest BCUT2D eigenvalue weighted by Gasteiger charge is -2.43. The molecule has 0 spiro atoms. The summed E-state index contributed by atoms with van der Waals surface area (Å²) in [5.74, 6) is -3.03. The van der Waals surface area contributed by atoms with Crippen LogP contribution in [0.4, 0.5) is 8.78 Å². The van der Waals surface area contributed by atoms with Crippen LogP contribution in [0.3, 0.4) is 0 Å². The van der Waals surface area contributed by atoms with Gasteiger partial charge in [0.15, 0.2) is 0 Å². The molecule has 0 aromatic rings. The molecule has 1 aliphatic heterocycles. The first-order chi connectivity index (χ1) is 11.0. The van der Waals surface area contributed by atoms with E-state index >= 15 is 0 Å². The summed E-state index contributed by atoms with van der Waals surface area (Å²) in [6, 6.07) is -0.808. The van der Waals surface area contributed by atoms with Crippen LogP contribution >= 0.6 is 0 Å². The average Bonchev–Trinajstić information content (AvgIpc) is 2.97. The standard InChI is InChI=1S/C17H28F2N2O3/c1-16(2,3)15(23)21(11-5-7-17(18,19)8-6-11)12-9-13(20-10-12)14(22)24-4/h11-13,20H,5-10H2,1-4H3/t12-,13-/m0/s1. The lowest BCUT2D eigenvalue weighted by atomic mass is 9.86. The third-order valence-electron chi connectivity index (χ3n) is 4.94. The molecule has 1 amide bonds. The molecule has 0 radical (unpaired) electrons. The number of halogens is 2. The van der Waals surface area contributed by atoms with E-state index in [9.17, 15) is 18.4 Å². The molecule has 7 heteroatoms. The number of alkyl halides is 2. The molecule has 1 saturated heterocycles. The minimum absolute atomic E-state index is 0.0463. The second-order valence-electron chi connectivity index (χ2n) is 7.92. The summed E-state index contributed by atoms with van der Waals surface area (Å²) in [7, 11) is 1.33. The van der Waals surface area contributed by atoms with Gasteiger partial charge in [0.2, 0.25) is 11.8 Å². The SMILES string of the molecule is COC(=O)[C@@H]1C[C@H](N(C(=O)C(C)(C)C)C2CCC(F)(F)CC2)CN1. The van der Waals surface area contributed by atoms with E-state index in [1.54, 1.807) is 4.90 Å². The minimum Gasteiger partial charge on any atom is -0.468 e. The number of amides is 1. The number of methoxy groups -OCH3 is 1. The highest BCUT2D eigenvalue weighted by Crippen LogP contribution is 2.37. The fourth-order valence-corrected chi connectivity index (χ4v) is 3.57. The molecule has 138 valence electrons. The second kappa shape index (κ2) is 6.94. The highest BCUT2D eigenvalue weighted by atomic mass is 19.3. The Morgan fingerprint density at radius 2 is 1.75 bits per heavy atom. The molecule has 2 fully saturated rings. The highest BCUT2D eigenvalue weighted by molar-refractivity contribution is 5.82. The van der Waals surface area contributed by atoms with Crippen molar-refractivity contribution in [3.63, 3.8) is 0 Å². The molecule has 2 rings (SSSR count). The Morgan fingerprint density at radius 3 is 2.25 bits per heavy atom. The average molecular weight is 346 g/mol. The van der Waals surface area contributed by atoms with E-state index in [1.807, 2.05) is 20.8 Å². The van der Waals surface area contributed by atoms with Gasteiger partial charge in [-0.15, -0.1) is 0 Å². The first-order valence-electron chi connectivity index (χ1n) is 8.57. The first kappa shape index (κ1) is 19.1. The van der Waals surface area contributed by atoms with Crippen LogP contribution in [-0.2, 0) is 14.3 Å². The van der Waals surface area contributed by atoms with Crippen molar-refractivity contribution >= 4 is 11.9 Å². The number of carbonyl (C=O) groups excluding carboxylic acids is 2. The third kappa shape index (κ3) is 4.23. The quantitative estimate of drug-likeness (QED) is 0.797. The topological polar surface area (TPSA) is 58.6 Å². The Bertz CT molecular complexity index is 481. The molecular weight excluding hydrogens is 318 g/mol. The van der Waals surface area contributed by atoms with E-state index in [0.29, 0.717) is 25.8 Å². The zero-order valence-corrected chi connectivity index (χ0v) is 14.9. The molecule has 1 aliphatic carbocycles. The van der Waals surface area contributed by atoms with Gasteiger partial charge in [0.1, 0.15) is 6.04 Å². The van der Waals surface area contributed by atoms with E-state index in [0.717, 1.165) is 0 Å². The summed E-state index contributed by atoms with van der Waals surface area (Å²) in [6.45, 7) is 5.98. The van der Waals surface area contributed by atoms with Crippen LogP contribution in [0.1, 0.15) is 52.9 Å². The molecule has 1 saturated carbocycles. The van der Waals surface area contributed by atoms with E-state index in [4.69, 9.17) is 4.74 Å². The molecule has 1 heterocycles. The number of esters is 1. The van der Waals surface area contributed by atoms with Crippen molar-refractivity contribution < 1.29 is 23.1 Å². The Morgan fingerprint density at radius 1 is 1.17 bits per heavy atom. The smallest absolute Gasteiger partial charge is 0.322 e. The van der Waals surface area contributed by atoms with Crippen molar-refractivity contribution in [2.24, 2.45) is 5.41 Å². The molecule has 0 unspecified atom stereocenters. The van der Waals surface area contributed by atoms with Crippen LogP contribution in [0, 0.1) is 5.41 Å². The van der Waals surface area contributed by atoms with Crippen molar-refractivity contribution in [2.75, 3.05) is 13.7 Å². The van der Waals surface area contributed by atoms with Gasteiger partial charge in [-0.3, -0.25) is 9.59 Å². The fourth-order valence-electron chi connectivity index (χ4n) is 3.57. The third-order valence-corrected chi connectivity index (χ3v) is 4.94. The number of hydrogen-bond donors (Lipinski definition) is 1. The molecule has 5 nitrogen and oxygen atoms in total. The lowest BCUT2D eigenvalue weighted by Crippen LogP contribution is -2.53. The Balaban J connectivity index is 2.16. The van der Waals surface area contributed by atoms with E-state index in [1.165, 1.54) is 7.11 Å². The number of nitrogens with zero attached hydrogens (tertiary/aromatic N) is 1. The van der Waals surface area contributed by atoms with Gasteiger partial charge < -0.3 is 15.0 Å².